The van der Waals surface area contributed by atoms with E-state index in [2.05, 4.69) is 4.99 Å². The molecule has 0 saturated carbocycles. The maximum atomic E-state index is 12.7. The number of ether oxygens (including phenoxy) is 2. The average molecular weight is 439 g/mol. The fraction of sp³-hybridized carbons (Fsp3) is 0.211. The fourth-order valence-electron chi connectivity index (χ4n) is 2.64. The van der Waals surface area contributed by atoms with Crippen LogP contribution in [0, 0.1) is 0 Å². The van der Waals surface area contributed by atoms with Crippen molar-refractivity contribution in [3.63, 3.8) is 0 Å². The lowest BCUT2D eigenvalue weighted by Crippen LogP contribution is -2.23. The van der Waals surface area contributed by atoms with Crippen LogP contribution in [0.1, 0.15) is 17.3 Å². The van der Waals surface area contributed by atoms with E-state index >= 15 is 0 Å². The van der Waals surface area contributed by atoms with Gasteiger partial charge in [0.25, 0.3) is 5.91 Å². The van der Waals surface area contributed by atoms with Crippen molar-refractivity contribution in [2.24, 2.45) is 4.99 Å². The van der Waals surface area contributed by atoms with E-state index in [0.29, 0.717) is 21.1 Å². The predicted octanol–water partition coefficient (Wildman–Crippen LogP) is 4.32. The van der Waals surface area contributed by atoms with Crippen molar-refractivity contribution in [3.8, 4) is 5.75 Å². The summed E-state index contributed by atoms with van der Waals surface area (Å²) in [4.78, 5) is 29.3. The normalized spacial score (nSPS) is 11.6. The number of halogens is 2. The zero-order valence-corrected chi connectivity index (χ0v) is 17.4. The summed E-state index contributed by atoms with van der Waals surface area (Å²) in [6.07, 6.45) is 0. The highest BCUT2D eigenvalue weighted by molar-refractivity contribution is 7.16. The molecule has 146 valence electrons. The topological polar surface area (TPSA) is 69.9 Å². The second-order valence-corrected chi connectivity index (χ2v) is 7.48. The van der Waals surface area contributed by atoms with Gasteiger partial charge < -0.3 is 14.0 Å². The fourth-order valence-corrected chi connectivity index (χ4v) is 4.17. The smallest absolute Gasteiger partial charge is 0.326 e. The summed E-state index contributed by atoms with van der Waals surface area (Å²) >= 11 is 13.3. The number of carbonyl (C=O) groups excluding carboxylic acids is 2. The van der Waals surface area contributed by atoms with E-state index in [-0.39, 0.29) is 23.7 Å². The van der Waals surface area contributed by atoms with Crippen molar-refractivity contribution in [2.45, 2.75) is 13.5 Å². The molecule has 1 heterocycles. The van der Waals surface area contributed by atoms with Gasteiger partial charge in [-0.1, -0.05) is 40.6 Å². The lowest BCUT2D eigenvalue weighted by atomic mass is 10.2. The molecule has 0 aliphatic rings. The van der Waals surface area contributed by atoms with E-state index < -0.39 is 11.9 Å². The van der Waals surface area contributed by atoms with E-state index in [9.17, 15) is 9.59 Å². The molecule has 0 N–H and O–H groups in total. The van der Waals surface area contributed by atoms with Gasteiger partial charge in [0.1, 0.15) is 17.8 Å². The Hall–Kier alpha value is -2.35. The van der Waals surface area contributed by atoms with Crippen molar-refractivity contribution < 1.29 is 19.1 Å². The molecule has 0 saturated heterocycles. The first kappa shape index (κ1) is 20.4. The summed E-state index contributed by atoms with van der Waals surface area (Å²) in [7, 11) is 1.54. The molecule has 3 aromatic rings. The van der Waals surface area contributed by atoms with Crippen molar-refractivity contribution in [3.05, 3.63) is 56.8 Å². The Labute approximate surface area is 174 Å². The number of methoxy groups -OCH3 is 1. The number of hydrogen-bond acceptors (Lipinski definition) is 5. The zero-order valence-electron chi connectivity index (χ0n) is 15.1. The monoisotopic (exact) mass is 438 g/mol. The molecular weight excluding hydrogens is 423 g/mol. The van der Waals surface area contributed by atoms with Crippen molar-refractivity contribution in [1.29, 1.82) is 0 Å². The second-order valence-electron chi connectivity index (χ2n) is 5.62. The minimum atomic E-state index is -0.537. The molecular formula is C19H16Cl2N2O4S. The SMILES string of the molecule is CCOC(=O)Cn1c(=NC(=O)c2ccc(Cl)cc2Cl)sc2cccc(OC)c21. The number of rotatable bonds is 5. The van der Waals surface area contributed by atoms with Gasteiger partial charge in [-0.05, 0) is 37.3 Å². The summed E-state index contributed by atoms with van der Waals surface area (Å²) in [6, 6.07) is 10.0. The molecule has 3 rings (SSSR count). The molecule has 0 bridgehead atoms. The quantitative estimate of drug-likeness (QED) is 0.556. The van der Waals surface area contributed by atoms with E-state index in [0.717, 1.165) is 4.70 Å². The number of para-hydroxylation sites is 1. The minimum Gasteiger partial charge on any atom is -0.495 e. The highest BCUT2D eigenvalue weighted by Crippen LogP contribution is 2.27. The summed E-state index contributed by atoms with van der Waals surface area (Å²) in [5.41, 5.74) is 0.884. The van der Waals surface area contributed by atoms with Gasteiger partial charge >= 0.3 is 5.97 Å². The number of carbonyl (C=O) groups is 2. The van der Waals surface area contributed by atoms with Gasteiger partial charge in [0.15, 0.2) is 4.80 Å². The Bertz CT molecular complexity index is 1120. The number of nitrogens with zero attached hydrogens (tertiary/aromatic N) is 2. The first-order chi connectivity index (χ1) is 13.4. The van der Waals surface area contributed by atoms with Crippen LogP contribution in [0.5, 0.6) is 5.75 Å². The van der Waals surface area contributed by atoms with E-state index in [1.165, 1.54) is 30.6 Å². The second kappa shape index (κ2) is 8.77. The molecule has 0 unspecified atom stereocenters. The number of thiazole rings is 1. The van der Waals surface area contributed by atoms with E-state index in [1.807, 2.05) is 12.1 Å². The molecule has 1 aromatic heterocycles. The van der Waals surface area contributed by atoms with Gasteiger partial charge in [0.05, 0.1) is 29.0 Å². The third-order valence-electron chi connectivity index (χ3n) is 3.84. The van der Waals surface area contributed by atoms with Crippen LogP contribution in [0.3, 0.4) is 0 Å². The number of aromatic nitrogens is 1. The highest BCUT2D eigenvalue weighted by atomic mass is 35.5. The lowest BCUT2D eigenvalue weighted by molar-refractivity contribution is -0.143. The first-order valence-electron chi connectivity index (χ1n) is 8.30. The molecule has 1 amide bonds. The molecule has 0 radical (unpaired) electrons. The van der Waals surface area contributed by atoms with E-state index in [1.54, 1.807) is 23.6 Å². The molecule has 0 atom stereocenters. The van der Waals surface area contributed by atoms with Gasteiger partial charge in [-0.3, -0.25) is 9.59 Å². The van der Waals surface area contributed by atoms with Crippen LogP contribution in [-0.4, -0.2) is 30.2 Å². The summed E-state index contributed by atoms with van der Waals surface area (Å²) in [5.74, 6) is -0.409. The van der Waals surface area contributed by atoms with Crippen LogP contribution in [0.25, 0.3) is 10.2 Å². The van der Waals surface area contributed by atoms with Gasteiger partial charge in [0.2, 0.25) is 0 Å². The van der Waals surface area contributed by atoms with Crippen LogP contribution in [-0.2, 0) is 16.1 Å². The molecule has 0 aliphatic heterocycles. The lowest BCUT2D eigenvalue weighted by Gasteiger charge is -2.08. The Balaban J connectivity index is 2.17. The number of amides is 1. The van der Waals surface area contributed by atoms with Gasteiger partial charge in [-0.15, -0.1) is 0 Å². The third kappa shape index (κ3) is 4.22. The van der Waals surface area contributed by atoms with Gasteiger partial charge in [-0.2, -0.15) is 4.99 Å². The number of hydrogen-bond donors (Lipinski definition) is 0. The Kier molecular flexibility index (Phi) is 6.39. The van der Waals surface area contributed by atoms with Crippen molar-refractivity contribution >= 4 is 56.6 Å². The summed E-state index contributed by atoms with van der Waals surface area (Å²) in [6.45, 7) is 1.88. The predicted molar refractivity (Wildman–Crippen MR) is 109 cm³/mol. The van der Waals surface area contributed by atoms with Crippen LogP contribution in [0.15, 0.2) is 41.4 Å². The minimum absolute atomic E-state index is 0.103. The Morgan fingerprint density at radius 1 is 1.21 bits per heavy atom. The number of benzene rings is 2. The van der Waals surface area contributed by atoms with Crippen LogP contribution in [0.2, 0.25) is 10.0 Å². The van der Waals surface area contributed by atoms with E-state index in [4.69, 9.17) is 32.7 Å². The summed E-state index contributed by atoms with van der Waals surface area (Å²) < 4.78 is 12.9. The number of esters is 1. The standard InChI is InChI=1S/C19H16Cl2N2O4S/c1-3-27-16(24)10-23-17-14(26-2)5-4-6-15(17)28-19(23)22-18(25)12-8-7-11(20)9-13(12)21/h4-9H,3,10H2,1-2H3. The molecule has 0 fully saturated rings. The number of fused-ring (bicyclic) bond motifs is 1. The summed E-state index contributed by atoms with van der Waals surface area (Å²) in [5, 5.41) is 0.627. The molecule has 9 heteroatoms. The Morgan fingerprint density at radius 3 is 2.68 bits per heavy atom. The van der Waals surface area contributed by atoms with Crippen LogP contribution < -0.4 is 9.54 Å². The van der Waals surface area contributed by atoms with Crippen LogP contribution in [0.4, 0.5) is 0 Å². The molecule has 6 nitrogen and oxygen atoms in total. The zero-order chi connectivity index (χ0) is 20.3. The average Bonchev–Trinajstić information content (AvgIpc) is 2.99. The molecule has 0 spiro atoms. The molecule has 2 aromatic carbocycles. The van der Waals surface area contributed by atoms with Crippen molar-refractivity contribution in [1.82, 2.24) is 4.57 Å². The maximum Gasteiger partial charge on any atom is 0.326 e. The van der Waals surface area contributed by atoms with Gasteiger partial charge in [0, 0.05) is 5.02 Å². The molecule has 0 aliphatic carbocycles. The van der Waals surface area contributed by atoms with Crippen LogP contribution >= 0.6 is 34.5 Å². The Morgan fingerprint density at radius 2 is 2.00 bits per heavy atom. The van der Waals surface area contributed by atoms with Crippen molar-refractivity contribution in [2.75, 3.05) is 13.7 Å². The maximum absolute atomic E-state index is 12.7. The third-order valence-corrected chi connectivity index (χ3v) is 5.43. The molecule has 28 heavy (non-hydrogen) atoms. The first-order valence-corrected chi connectivity index (χ1v) is 9.88. The largest absolute Gasteiger partial charge is 0.495 e. The highest BCUT2D eigenvalue weighted by Gasteiger charge is 2.17. The van der Waals surface area contributed by atoms with Gasteiger partial charge in [-0.25, -0.2) is 0 Å².